The summed E-state index contributed by atoms with van der Waals surface area (Å²) in [7, 11) is 1.63. The molecule has 0 radical (unpaired) electrons. The van der Waals surface area contributed by atoms with Crippen molar-refractivity contribution in [2.24, 2.45) is 0 Å². The van der Waals surface area contributed by atoms with Crippen LogP contribution in [0.4, 0.5) is 5.69 Å². The molecule has 5 nitrogen and oxygen atoms in total. The number of aryl methyl sites for hydroxylation is 2. The van der Waals surface area contributed by atoms with Crippen molar-refractivity contribution < 1.29 is 14.3 Å². The zero-order valence-electron chi connectivity index (χ0n) is 15.8. The number of rotatable bonds is 7. The van der Waals surface area contributed by atoms with E-state index in [0.29, 0.717) is 13.0 Å². The van der Waals surface area contributed by atoms with Gasteiger partial charge in [0, 0.05) is 19.2 Å². The minimum Gasteiger partial charge on any atom is -0.497 e. The Morgan fingerprint density at radius 3 is 2.38 bits per heavy atom. The van der Waals surface area contributed by atoms with Crippen LogP contribution < -0.4 is 10.1 Å². The van der Waals surface area contributed by atoms with E-state index in [1.807, 2.05) is 56.3 Å². The summed E-state index contributed by atoms with van der Waals surface area (Å²) in [6, 6.07) is 13.6. The summed E-state index contributed by atoms with van der Waals surface area (Å²) in [5, 5.41) is 2.90. The van der Waals surface area contributed by atoms with E-state index >= 15 is 0 Å². The molecule has 138 valence electrons. The largest absolute Gasteiger partial charge is 0.497 e. The number of hydrogen-bond acceptors (Lipinski definition) is 3. The van der Waals surface area contributed by atoms with Crippen molar-refractivity contribution in [1.29, 1.82) is 0 Å². The predicted molar refractivity (Wildman–Crippen MR) is 103 cm³/mol. The minimum atomic E-state index is -0.191. The molecule has 0 saturated heterocycles. The van der Waals surface area contributed by atoms with E-state index in [1.165, 1.54) is 6.92 Å². The van der Waals surface area contributed by atoms with Gasteiger partial charge in [0.1, 0.15) is 5.75 Å². The van der Waals surface area contributed by atoms with Gasteiger partial charge in [0.15, 0.2) is 0 Å². The monoisotopic (exact) mass is 354 g/mol. The predicted octanol–water partition coefficient (Wildman–Crippen LogP) is 3.34. The number of carbonyl (C=O) groups is 2. The number of nitrogens with one attached hydrogen (secondary N) is 1. The van der Waals surface area contributed by atoms with Crippen LogP contribution in [0, 0.1) is 13.8 Å². The fraction of sp³-hybridized carbons (Fsp3) is 0.333. The number of methoxy groups -OCH3 is 1. The molecular weight excluding hydrogens is 328 g/mol. The molecule has 0 heterocycles. The Balaban J connectivity index is 1.95. The van der Waals surface area contributed by atoms with Crippen molar-refractivity contribution in [3.63, 3.8) is 0 Å². The molecule has 1 N–H and O–H groups in total. The van der Waals surface area contributed by atoms with Crippen molar-refractivity contribution in [2.45, 2.75) is 27.2 Å². The van der Waals surface area contributed by atoms with E-state index in [9.17, 15) is 9.59 Å². The van der Waals surface area contributed by atoms with Crippen LogP contribution in [0.15, 0.2) is 42.5 Å². The first-order valence-corrected chi connectivity index (χ1v) is 8.64. The molecule has 0 aliphatic heterocycles. The number of nitrogens with zero attached hydrogens (tertiary/aromatic N) is 1. The first kappa shape index (κ1) is 19.5. The lowest BCUT2D eigenvalue weighted by molar-refractivity contribution is -0.132. The van der Waals surface area contributed by atoms with Gasteiger partial charge in [-0.1, -0.05) is 24.3 Å². The molecule has 0 unspecified atom stereocenters. The molecule has 0 aliphatic carbocycles. The van der Waals surface area contributed by atoms with Gasteiger partial charge in [0.2, 0.25) is 11.8 Å². The summed E-state index contributed by atoms with van der Waals surface area (Å²) in [4.78, 5) is 25.8. The van der Waals surface area contributed by atoms with Crippen molar-refractivity contribution in [3.8, 4) is 5.75 Å². The van der Waals surface area contributed by atoms with Gasteiger partial charge in [-0.15, -0.1) is 0 Å². The second-order valence-corrected chi connectivity index (χ2v) is 6.41. The number of anilines is 1. The number of ether oxygens (including phenoxy) is 1. The summed E-state index contributed by atoms with van der Waals surface area (Å²) in [5.74, 6) is 0.489. The summed E-state index contributed by atoms with van der Waals surface area (Å²) in [6.07, 6.45) is 0.681. The Morgan fingerprint density at radius 1 is 1.08 bits per heavy atom. The molecule has 0 fully saturated rings. The van der Waals surface area contributed by atoms with E-state index in [0.717, 1.165) is 28.1 Å². The standard InChI is InChI=1S/C21H26N2O3/c1-15-5-6-16(2)20(13-15)22-21(25)14-23(17(3)24)12-11-18-7-9-19(26-4)10-8-18/h5-10,13H,11-12,14H2,1-4H3,(H,22,25). The van der Waals surface area contributed by atoms with Gasteiger partial charge in [0.05, 0.1) is 13.7 Å². The lowest BCUT2D eigenvalue weighted by atomic mass is 10.1. The van der Waals surface area contributed by atoms with Gasteiger partial charge in [-0.3, -0.25) is 9.59 Å². The van der Waals surface area contributed by atoms with Crippen LogP contribution in [0.1, 0.15) is 23.6 Å². The molecule has 5 heteroatoms. The SMILES string of the molecule is COc1ccc(CCN(CC(=O)Nc2cc(C)ccc2C)C(C)=O)cc1. The second-order valence-electron chi connectivity index (χ2n) is 6.41. The highest BCUT2D eigenvalue weighted by Gasteiger charge is 2.14. The van der Waals surface area contributed by atoms with Crippen LogP contribution >= 0.6 is 0 Å². The number of benzene rings is 2. The molecule has 2 rings (SSSR count). The van der Waals surface area contributed by atoms with Crippen molar-refractivity contribution >= 4 is 17.5 Å². The van der Waals surface area contributed by atoms with Crippen LogP contribution in [0.5, 0.6) is 5.75 Å². The molecule has 0 saturated carbocycles. The molecule has 2 aromatic carbocycles. The van der Waals surface area contributed by atoms with E-state index in [-0.39, 0.29) is 18.4 Å². The first-order valence-electron chi connectivity index (χ1n) is 8.64. The maximum Gasteiger partial charge on any atom is 0.244 e. The van der Waals surface area contributed by atoms with E-state index < -0.39 is 0 Å². The third-order valence-corrected chi connectivity index (χ3v) is 4.28. The summed E-state index contributed by atoms with van der Waals surface area (Å²) in [5.41, 5.74) is 3.95. The smallest absolute Gasteiger partial charge is 0.244 e. The lowest BCUT2D eigenvalue weighted by Gasteiger charge is -2.21. The Labute approximate surface area is 155 Å². The lowest BCUT2D eigenvalue weighted by Crippen LogP contribution is -2.38. The van der Waals surface area contributed by atoms with Crippen molar-refractivity contribution in [2.75, 3.05) is 25.5 Å². The highest BCUT2D eigenvalue weighted by atomic mass is 16.5. The van der Waals surface area contributed by atoms with Gasteiger partial charge < -0.3 is 15.0 Å². The highest BCUT2D eigenvalue weighted by molar-refractivity contribution is 5.94. The fourth-order valence-corrected chi connectivity index (χ4v) is 2.64. The maximum absolute atomic E-state index is 12.4. The molecule has 0 spiro atoms. The quantitative estimate of drug-likeness (QED) is 0.830. The van der Waals surface area contributed by atoms with E-state index in [1.54, 1.807) is 12.0 Å². The Bertz CT molecular complexity index is 769. The number of carbonyl (C=O) groups excluding carboxylic acids is 2. The van der Waals surface area contributed by atoms with Gasteiger partial charge >= 0.3 is 0 Å². The average molecular weight is 354 g/mol. The summed E-state index contributed by atoms with van der Waals surface area (Å²) in [6.45, 7) is 5.94. The van der Waals surface area contributed by atoms with Gasteiger partial charge in [0.25, 0.3) is 0 Å². The Hall–Kier alpha value is -2.82. The third kappa shape index (κ3) is 5.62. The normalized spacial score (nSPS) is 10.3. The summed E-state index contributed by atoms with van der Waals surface area (Å²) >= 11 is 0. The van der Waals surface area contributed by atoms with E-state index in [4.69, 9.17) is 4.74 Å². The Kier molecular flexibility index (Phi) is 6.78. The van der Waals surface area contributed by atoms with Gasteiger partial charge in [-0.05, 0) is 55.2 Å². The molecule has 0 aliphatic rings. The molecular formula is C21H26N2O3. The van der Waals surface area contributed by atoms with Crippen LogP contribution in [0.25, 0.3) is 0 Å². The molecule has 2 amide bonds. The third-order valence-electron chi connectivity index (χ3n) is 4.28. The van der Waals surface area contributed by atoms with E-state index in [2.05, 4.69) is 5.32 Å². The average Bonchev–Trinajstić information content (AvgIpc) is 2.62. The highest BCUT2D eigenvalue weighted by Crippen LogP contribution is 2.16. The number of hydrogen-bond donors (Lipinski definition) is 1. The molecule has 2 aromatic rings. The van der Waals surface area contributed by atoms with Crippen LogP contribution in [0.2, 0.25) is 0 Å². The number of amides is 2. The zero-order valence-corrected chi connectivity index (χ0v) is 15.8. The van der Waals surface area contributed by atoms with Crippen LogP contribution in [0.3, 0.4) is 0 Å². The molecule has 0 aromatic heterocycles. The molecule has 0 bridgehead atoms. The zero-order chi connectivity index (χ0) is 19.1. The first-order chi connectivity index (χ1) is 12.4. The summed E-state index contributed by atoms with van der Waals surface area (Å²) < 4.78 is 5.14. The Morgan fingerprint density at radius 2 is 1.77 bits per heavy atom. The maximum atomic E-state index is 12.4. The van der Waals surface area contributed by atoms with Gasteiger partial charge in [-0.25, -0.2) is 0 Å². The second kappa shape index (κ2) is 9.04. The topological polar surface area (TPSA) is 58.6 Å². The van der Waals surface area contributed by atoms with Crippen LogP contribution in [-0.2, 0) is 16.0 Å². The fourth-order valence-electron chi connectivity index (χ4n) is 2.64. The van der Waals surface area contributed by atoms with Crippen molar-refractivity contribution in [1.82, 2.24) is 4.90 Å². The molecule has 26 heavy (non-hydrogen) atoms. The van der Waals surface area contributed by atoms with Crippen molar-refractivity contribution in [3.05, 3.63) is 59.2 Å². The minimum absolute atomic E-state index is 0.0405. The molecule has 0 atom stereocenters. The van der Waals surface area contributed by atoms with Gasteiger partial charge in [-0.2, -0.15) is 0 Å². The van der Waals surface area contributed by atoms with Crippen LogP contribution in [-0.4, -0.2) is 36.9 Å².